The SMILES string of the molecule is NC(=O)[C@H](Cc1ccccc1)NC(=O)c1cc(Br)cc(Br)c1. The molecule has 0 saturated carbocycles. The number of halogens is 2. The van der Waals surface area contributed by atoms with Gasteiger partial charge in [0.05, 0.1) is 0 Å². The van der Waals surface area contributed by atoms with E-state index in [4.69, 9.17) is 5.73 Å². The van der Waals surface area contributed by atoms with Gasteiger partial charge in [0.1, 0.15) is 6.04 Å². The molecule has 4 nitrogen and oxygen atoms in total. The maximum Gasteiger partial charge on any atom is 0.252 e. The Kier molecular flexibility index (Phi) is 5.74. The lowest BCUT2D eigenvalue weighted by atomic mass is 10.0. The van der Waals surface area contributed by atoms with Crippen LogP contribution in [-0.4, -0.2) is 17.9 Å². The molecule has 0 aromatic heterocycles. The van der Waals surface area contributed by atoms with Crippen LogP contribution < -0.4 is 11.1 Å². The Bertz CT molecular complexity index is 670. The highest BCUT2D eigenvalue weighted by molar-refractivity contribution is 9.11. The first kappa shape index (κ1) is 16.7. The number of hydrogen-bond donors (Lipinski definition) is 2. The minimum atomic E-state index is -0.757. The van der Waals surface area contributed by atoms with Crippen molar-refractivity contribution in [2.24, 2.45) is 5.73 Å². The van der Waals surface area contributed by atoms with Crippen LogP contribution in [-0.2, 0) is 11.2 Å². The summed E-state index contributed by atoms with van der Waals surface area (Å²) >= 11 is 6.66. The van der Waals surface area contributed by atoms with Crippen LogP contribution in [0, 0.1) is 0 Å². The van der Waals surface area contributed by atoms with Gasteiger partial charge < -0.3 is 11.1 Å². The van der Waals surface area contributed by atoms with E-state index in [9.17, 15) is 9.59 Å². The zero-order valence-corrected chi connectivity index (χ0v) is 14.7. The number of rotatable bonds is 5. The van der Waals surface area contributed by atoms with Crippen LogP contribution in [0.15, 0.2) is 57.5 Å². The van der Waals surface area contributed by atoms with Crippen molar-refractivity contribution in [2.75, 3.05) is 0 Å². The molecule has 0 saturated heterocycles. The summed E-state index contributed by atoms with van der Waals surface area (Å²) in [4.78, 5) is 23.9. The third-order valence-electron chi connectivity index (χ3n) is 3.06. The first-order chi connectivity index (χ1) is 10.5. The second-order valence-electron chi connectivity index (χ2n) is 4.78. The fourth-order valence-electron chi connectivity index (χ4n) is 2.00. The molecule has 1 atom stereocenters. The van der Waals surface area contributed by atoms with E-state index in [1.54, 1.807) is 12.1 Å². The number of nitrogens with two attached hydrogens (primary N) is 1. The van der Waals surface area contributed by atoms with Gasteiger partial charge in [0, 0.05) is 20.9 Å². The first-order valence-corrected chi connectivity index (χ1v) is 8.14. The molecule has 0 fully saturated rings. The largest absolute Gasteiger partial charge is 0.368 e. The topological polar surface area (TPSA) is 72.2 Å². The number of carbonyl (C=O) groups is 2. The molecule has 2 rings (SSSR count). The lowest BCUT2D eigenvalue weighted by molar-refractivity contribution is -0.119. The van der Waals surface area contributed by atoms with Crippen molar-refractivity contribution in [1.82, 2.24) is 5.32 Å². The van der Waals surface area contributed by atoms with Gasteiger partial charge in [-0.15, -0.1) is 0 Å². The lowest BCUT2D eigenvalue weighted by Gasteiger charge is -2.16. The summed E-state index contributed by atoms with van der Waals surface area (Å²) in [5.74, 6) is -0.909. The monoisotopic (exact) mass is 424 g/mol. The van der Waals surface area contributed by atoms with E-state index in [1.165, 1.54) is 0 Å². The molecule has 0 spiro atoms. The highest BCUT2D eigenvalue weighted by atomic mass is 79.9. The van der Waals surface area contributed by atoms with Crippen molar-refractivity contribution >= 4 is 43.7 Å². The Labute approximate surface area is 145 Å². The van der Waals surface area contributed by atoms with E-state index in [0.717, 1.165) is 14.5 Å². The Morgan fingerprint density at radius 2 is 1.64 bits per heavy atom. The van der Waals surface area contributed by atoms with Crippen molar-refractivity contribution in [3.63, 3.8) is 0 Å². The molecular formula is C16H14Br2N2O2. The van der Waals surface area contributed by atoms with Gasteiger partial charge in [-0.2, -0.15) is 0 Å². The van der Waals surface area contributed by atoms with Gasteiger partial charge >= 0.3 is 0 Å². The van der Waals surface area contributed by atoms with E-state index in [2.05, 4.69) is 37.2 Å². The molecular weight excluding hydrogens is 412 g/mol. The van der Waals surface area contributed by atoms with Gasteiger partial charge in [0.2, 0.25) is 5.91 Å². The van der Waals surface area contributed by atoms with Crippen molar-refractivity contribution in [3.8, 4) is 0 Å². The van der Waals surface area contributed by atoms with Gasteiger partial charge in [-0.25, -0.2) is 0 Å². The molecule has 2 aromatic rings. The molecule has 0 aliphatic heterocycles. The third kappa shape index (κ3) is 4.68. The van der Waals surface area contributed by atoms with Crippen molar-refractivity contribution in [2.45, 2.75) is 12.5 Å². The molecule has 22 heavy (non-hydrogen) atoms. The Hall–Kier alpha value is -1.66. The first-order valence-electron chi connectivity index (χ1n) is 6.56. The molecule has 2 amide bonds. The van der Waals surface area contributed by atoms with E-state index in [-0.39, 0.29) is 5.91 Å². The fourth-order valence-corrected chi connectivity index (χ4v) is 3.29. The van der Waals surface area contributed by atoms with Gasteiger partial charge in [-0.3, -0.25) is 9.59 Å². The van der Waals surface area contributed by atoms with E-state index < -0.39 is 11.9 Å². The molecule has 0 aliphatic carbocycles. The molecule has 0 bridgehead atoms. The highest BCUT2D eigenvalue weighted by Gasteiger charge is 2.19. The highest BCUT2D eigenvalue weighted by Crippen LogP contribution is 2.20. The standard InChI is InChI=1S/C16H14Br2N2O2/c17-12-7-11(8-13(18)9-12)16(22)20-14(15(19)21)6-10-4-2-1-3-5-10/h1-5,7-9,14H,6H2,(H2,19,21)(H,20,22)/t14-/m0/s1. The summed E-state index contributed by atoms with van der Waals surface area (Å²) in [7, 11) is 0. The summed E-state index contributed by atoms with van der Waals surface area (Å²) in [5, 5.41) is 2.68. The molecule has 3 N–H and O–H groups in total. The van der Waals surface area contributed by atoms with Crippen molar-refractivity contribution < 1.29 is 9.59 Å². The summed E-state index contributed by atoms with van der Waals surface area (Å²) in [6, 6.07) is 13.8. The van der Waals surface area contributed by atoms with Crippen LogP contribution in [0.2, 0.25) is 0 Å². The van der Waals surface area contributed by atoms with Crippen LogP contribution in [0.5, 0.6) is 0 Å². The average molecular weight is 426 g/mol. The van der Waals surface area contributed by atoms with E-state index in [1.807, 2.05) is 36.4 Å². The van der Waals surface area contributed by atoms with Crippen LogP contribution in [0.25, 0.3) is 0 Å². The quantitative estimate of drug-likeness (QED) is 0.772. The summed E-state index contributed by atoms with van der Waals surface area (Å²) in [5.41, 5.74) is 6.78. The molecule has 0 aliphatic rings. The van der Waals surface area contributed by atoms with Crippen LogP contribution in [0.3, 0.4) is 0 Å². The second kappa shape index (κ2) is 7.56. The Balaban J connectivity index is 2.13. The second-order valence-corrected chi connectivity index (χ2v) is 6.61. The average Bonchev–Trinajstić information content (AvgIpc) is 2.46. The fraction of sp³-hybridized carbons (Fsp3) is 0.125. The maximum atomic E-state index is 12.3. The van der Waals surface area contributed by atoms with Gasteiger partial charge in [-0.05, 0) is 23.8 Å². The Morgan fingerprint density at radius 3 is 2.18 bits per heavy atom. The predicted octanol–water partition coefficient (Wildman–Crippen LogP) is 3.04. The van der Waals surface area contributed by atoms with Crippen molar-refractivity contribution in [1.29, 1.82) is 0 Å². The number of nitrogens with one attached hydrogen (secondary N) is 1. The minimum Gasteiger partial charge on any atom is -0.368 e. The number of primary amides is 1. The molecule has 0 heterocycles. The maximum absolute atomic E-state index is 12.3. The zero-order chi connectivity index (χ0) is 16.1. The summed E-state index contributed by atoms with van der Waals surface area (Å²) in [6.07, 6.45) is 0.358. The van der Waals surface area contributed by atoms with Crippen LogP contribution in [0.4, 0.5) is 0 Å². The van der Waals surface area contributed by atoms with Gasteiger partial charge in [0.15, 0.2) is 0 Å². The number of hydrogen-bond acceptors (Lipinski definition) is 2. The van der Waals surface area contributed by atoms with Gasteiger partial charge in [0.25, 0.3) is 5.91 Å². The van der Waals surface area contributed by atoms with Crippen LogP contribution >= 0.6 is 31.9 Å². The smallest absolute Gasteiger partial charge is 0.252 e. The zero-order valence-electron chi connectivity index (χ0n) is 11.6. The summed E-state index contributed by atoms with van der Waals surface area (Å²) < 4.78 is 1.54. The molecule has 2 aromatic carbocycles. The third-order valence-corrected chi connectivity index (χ3v) is 3.97. The van der Waals surface area contributed by atoms with E-state index >= 15 is 0 Å². The molecule has 0 unspecified atom stereocenters. The normalized spacial score (nSPS) is 11.7. The predicted molar refractivity (Wildman–Crippen MR) is 92.4 cm³/mol. The molecule has 0 radical (unpaired) electrons. The van der Waals surface area contributed by atoms with Crippen LogP contribution in [0.1, 0.15) is 15.9 Å². The van der Waals surface area contributed by atoms with E-state index in [0.29, 0.717) is 12.0 Å². The van der Waals surface area contributed by atoms with Crippen molar-refractivity contribution in [3.05, 3.63) is 68.6 Å². The summed E-state index contributed by atoms with van der Waals surface area (Å²) in [6.45, 7) is 0. The Morgan fingerprint density at radius 1 is 1.05 bits per heavy atom. The molecule has 6 heteroatoms. The number of amides is 2. The number of benzene rings is 2. The lowest BCUT2D eigenvalue weighted by Crippen LogP contribution is -2.45. The number of carbonyl (C=O) groups excluding carboxylic acids is 2. The molecule has 114 valence electrons. The minimum absolute atomic E-state index is 0.346. The van der Waals surface area contributed by atoms with Gasteiger partial charge in [-0.1, -0.05) is 62.2 Å².